The van der Waals surface area contributed by atoms with E-state index in [1.807, 2.05) is 22.7 Å². The number of rotatable bonds is 2. The number of anilines is 1. The van der Waals surface area contributed by atoms with Crippen molar-refractivity contribution in [3.05, 3.63) is 23.9 Å². The maximum absolute atomic E-state index is 12.4. The Hall–Kier alpha value is -1.23. The smallest absolute Gasteiger partial charge is 0.257 e. The minimum atomic E-state index is 0.0789. The Morgan fingerprint density at radius 3 is 3.18 bits per heavy atom. The largest absolute Gasteiger partial charge is 0.372 e. The molecule has 4 nitrogen and oxygen atoms in total. The lowest BCUT2D eigenvalue weighted by Gasteiger charge is -2.33. The topological polar surface area (TPSA) is 45.2 Å². The van der Waals surface area contributed by atoms with E-state index in [2.05, 4.69) is 17.2 Å². The third-order valence-corrected chi connectivity index (χ3v) is 4.09. The van der Waals surface area contributed by atoms with E-state index in [4.69, 9.17) is 0 Å². The van der Waals surface area contributed by atoms with Crippen LogP contribution in [0.25, 0.3) is 0 Å². The minimum Gasteiger partial charge on any atom is -0.372 e. The zero-order valence-corrected chi connectivity index (χ0v) is 11.0. The summed E-state index contributed by atoms with van der Waals surface area (Å²) in [5, 5.41) is 2.97. The molecule has 0 radical (unpaired) electrons. The van der Waals surface area contributed by atoms with Crippen molar-refractivity contribution in [2.75, 3.05) is 30.4 Å². The Morgan fingerprint density at radius 2 is 2.47 bits per heavy atom. The molecule has 92 valence electrons. The number of pyridine rings is 1. The fourth-order valence-electron chi connectivity index (χ4n) is 1.96. The number of hydrogen-bond donors (Lipinski definition) is 1. The van der Waals surface area contributed by atoms with Crippen molar-refractivity contribution in [3.8, 4) is 0 Å². The molecule has 1 N–H and O–H groups in total. The highest BCUT2D eigenvalue weighted by molar-refractivity contribution is 7.99. The summed E-state index contributed by atoms with van der Waals surface area (Å²) in [5.41, 5.74) is 0.661. The number of amides is 1. The predicted molar refractivity (Wildman–Crippen MR) is 71.6 cm³/mol. The first-order valence-corrected chi connectivity index (χ1v) is 6.91. The van der Waals surface area contributed by atoms with Gasteiger partial charge in [0.05, 0.1) is 5.56 Å². The average molecular weight is 251 g/mol. The van der Waals surface area contributed by atoms with E-state index >= 15 is 0 Å². The van der Waals surface area contributed by atoms with E-state index in [1.165, 1.54) is 0 Å². The van der Waals surface area contributed by atoms with Crippen molar-refractivity contribution in [3.63, 3.8) is 0 Å². The first-order valence-electron chi connectivity index (χ1n) is 5.75. The zero-order valence-electron chi connectivity index (χ0n) is 10.1. The number of carbonyl (C=O) groups is 1. The first kappa shape index (κ1) is 12.2. The van der Waals surface area contributed by atoms with E-state index in [1.54, 1.807) is 19.3 Å². The van der Waals surface area contributed by atoms with Crippen LogP contribution in [-0.4, -0.2) is 46.9 Å². The van der Waals surface area contributed by atoms with Gasteiger partial charge in [-0.3, -0.25) is 4.79 Å². The maximum atomic E-state index is 12.4. The number of nitrogens with zero attached hydrogens (tertiary/aromatic N) is 2. The third kappa shape index (κ3) is 2.54. The molecule has 1 aromatic heterocycles. The molecule has 1 aliphatic rings. The summed E-state index contributed by atoms with van der Waals surface area (Å²) in [6, 6.07) is 3.93. The summed E-state index contributed by atoms with van der Waals surface area (Å²) >= 11 is 1.90. The van der Waals surface area contributed by atoms with Crippen LogP contribution in [0.2, 0.25) is 0 Å². The van der Waals surface area contributed by atoms with Gasteiger partial charge in [-0.15, -0.1) is 0 Å². The molecule has 0 aliphatic carbocycles. The number of thioether (sulfide) groups is 1. The van der Waals surface area contributed by atoms with Crippen LogP contribution in [0.5, 0.6) is 0 Å². The van der Waals surface area contributed by atoms with Crippen LogP contribution in [0, 0.1) is 0 Å². The Balaban J connectivity index is 2.23. The van der Waals surface area contributed by atoms with E-state index in [-0.39, 0.29) is 5.91 Å². The molecular formula is C12H17N3OS. The molecule has 0 saturated carbocycles. The SMILES string of the molecule is CNc1ncccc1C(=O)N1CCSCC1C. The second-order valence-electron chi connectivity index (χ2n) is 4.07. The summed E-state index contributed by atoms with van der Waals surface area (Å²) in [7, 11) is 1.79. The molecule has 2 rings (SSSR count). The Morgan fingerprint density at radius 1 is 1.65 bits per heavy atom. The second kappa shape index (κ2) is 5.40. The van der Waals surface area contributed by atoms with Gasteiger partial charge in [0.2, 0.25) is 0 Å². The maximum Gasteiger partial charge on any atom is 0.257 e. The molecule has 1 atom stereocenters. The lowest BCUT2D eigenvalue weighted by molar-refractivity contribution is 0.0716. The molecular weight excluding hydrogens is 234 g/mol. The van der Waals surface area contributed by atoms with Crippen LogP contribution in [0.4, 0.5) is 5.82 Å². The standard InChI is InChI=1S/C12H17N3OS/c1-9-8-17-7-6-15(9)12(16)10-4-3-5-14-11(10)13-2/h3-5,9H,6-8H2,1-2H3,(H,13,14). The van der Waals surface area contributed by atoms with Crippen LogP contribution in [0.3, 0.4) is 0 Å². The van der Waals surface area contributed by atoms with Gasteiger partial charge in [0.25, 0.3) is 5.91 Å². The quantitative estimate of drug-likeness (QED) is 0.869. The van der Waals surface area contributed by atoms with Gasteiger partial charge in [-0.2, -0.15) is 11.8 Å². The molecule has 1 saturated heterocycles. The van der Waals surface area contributed by atoms with Crippen LogP contribution >= 0.6 is 11.8 Å². The van der Waals surface area contributed by atoms with Crippen molar-refractivity contribution in [2.45, 2.75) is 13.0 Å². The van der Waals surface area contributed by atoms with Crippen molar-refractivity contribution in [1.82, 2.24) is 9.88 Å². The normalized spacial score (nSPS) is 20.1. The Labute approximate surface area is 106 Å². The molecule has 1 unspecified atom stereocenters. The molecule has 0 aromatic carbocycles. The predicted octanol–water partition coefficient (Wildman–Crippen LogP) is 1.70. The van der Waals surface area contributed by atoms with Gasteiger partial charge in [0.15, 0.2) is 0 Å². The molecule has 1 amide bonds. The number of carbonyl (C=O) groups excluding carboxylic acids is 1. The summed E-state index contributed by atoms with van der Waals surface area (Å²) in [4.78, 5) is 18.5. The fourth-order valence-corrected chi connectivity index (χ4v) is 2.97. The molecule has 1 aromatic rings. The van der Waals surface area contributed by atoms with Crippen LogP contribution in [0.1, 0.15) is 17.3 Å². The van der Waals surface area contributed by atoms with Gasteiger partial charge >= 0.3 is 0 Å². The molecule has 0 spiro atoms. The lowest BCUT2D eigenvalue weighted by atomic mass is 10.2. The molecule has 17 heavy (non-hydrogen) atoms. The van der Waals surface area contributed by atoms with Crippen molar-refractivity contribution in [1.29, 1.82) is 0 Å². The van der Waals surface area contributed by atoms with Gasteiger partial charge < -0.3 is 10.2 Å². The van der Waals surface area contributed by atoms with Crippen molar-refractivity contribution < 1.29 is 4.79 Å². The molecule has 1 fully saturated rings. The average Bonchev–Trinajstić information content (AvgIpc) is 2.38. The molecule has 5 heteroatoms. The zero-order chi connectivity index (χ0) is 12.3. The summed E-state index contributed by atoms with van der Waals surface area (Å²) in [5.74, 6) is 2.77. The van der Waals surface area contributed by atoms with Crippen molar-refractivity contribution in [2.24, 2.45) is 0 Å². The summed E-state index contributed by atoms with van der Waals surface area (Å²) in [6.45, 7) is 2.92. The van der Waals surface area contributed by atoms with Gasteiger partial charge in [0, 0.05) is 37.3 Å². The molecule has 0 bridgehead atoms. The van der Waals surface area contributed by atoms with Gasteiger partial charge in [-0.25, -0.2) is 4.98 Å². The van der Waals surface area contributed by atoms with Gasteiger partial charge in [-0.1, -0.05) is 0 Å². The Bertz CT molecular complexity index is 410. The number of hydrogen-bond acceptors (Lipinski definition) is 4. The van der Waals surface area contributed by atoms with Crippen LogP contribution in [-0.2, 0) is 0 Å². The molecule has 1 aliphatic heterocycles. The Kier molecular flexibility index (Phi) is 3.89. The summed E-state index contributed by atoms with van der Waals surface area (Å²) in [6.07, 6.45) is 1.69. The van der Waals surface area contributed by atoms with Crippen LogP contribution in [0.15, 0.2) is 18.3 Å². The van der Waals surface area contributed by atoms with E-state index in [0.29, 0.717) is 17.4 Å². The summed E-state index contributed by atoms with van der Waals surface area (Å²) < 4.78 is 0. The highest BCUT2D eigenvalue weighted by Gasteiger charge is 2.26. The van der Waals surface area contributed by atoms with Gasteiger partial charge in [-0.05, 0) is 19.1 Å². The van der Waals surface area contributed by atoms with Crippen LogP contribution < -0.4 is 5.32 Å². The lowest BCUT2D eigenvalue weighted by Crippen LogP contribution is -2.44. The first-order chi connectivity index (χ1) is 8.24. The van der Waals surface area contributed by atoms with E-state index in [9.17, 15) is 4.79 Å². The number of nitrogens with one attached hydrogen (secondary N) is 1. The minimum absolute atomic E-state index is 0.0789. The third-order valence-electron chi connectivity index (χ3n) is 2.90. The highest BCUT2D eigenvalue weighted by atomic mass is 32.2. The number of aromatic nitrogens is 1. The second-order valence-corrected chi connectivity index (χ2v) is 5.22. The van der Waals surface area contributed by atoms with E-state index < -0.39 is 0 Å². The highest BCUT2D eigenvalue weighted by Crippen LogP contribution is 2.21. The van der Waals surface area contributed by atoms with Gasteiger partial charge in [0.1, 0.15) is 5.82 Å². The van der Waals surface area contributed by atoms with Crippen molar-refractivity contribution >= 4 is 23.5 Å². The fraction of sp³-hybridized carbons (Fsp3) is 0.500. The molecule has 2 heterocycles. The van der Waals surface area contributed by atoms with E-state index in [0.717, 1.165) is 18.1 Å². The monoisotopic (exact) mass is 251 g/mol.